The van der Waals surface area contributed by atoms with E-state index >= 15 is 0 Å². The van der Waals surface area contributed by atoms with E-state index in [1.54, 1.807) is 11.9 Å². The van der Waals surface area contributed by atoms with Crippen LogP contribution in [0.3, 0.4) is 0 Å². The molecule has 0 saturated heterocycles. The number of aliphatic carboxylic acids is 1. The third kappa shape index (κ3) is 3.78. The predicted molar refractivity (Wildman–Crippen MR) is 92.2 cm³/mol. The van der Waals surface area contributed by atoms with Crippen LogP contribution in [0.5, 0.6) is 0 Å². The highest BCUT2D eigenvalue weighted by atomic mass is 16.4. The van der Waals surface area contributed by atoms with Crippen LogP contribution in [-0.4, -0.2) is 42.3 Å². The Morgan fingerprint density at radius 1 is 1.12 bits per heavy atom. The number of benzene rings is 2. The van der Waals surface area contributed by atoms with Gasteiger partial charge in [0.05, 0.1) is 6.54 Å². The van der Waals surface area contributed by atoms with E-state index in [1.165, 1.54) is 6.92 Å². The largest absolute Gasteiger partial charge is 0.480 e. The first-order valence-corrected chi connectivity index (χ1v) is 7.55. The fourth-order valence-corrected chi connectivity index (χ4v) is 2.59. The SMILES string of the molecule is CC(=O)C(=O)CN(C)c1ccc(CC(N)C(=O)O)c2ccccc12. The number of carboxylic acids is 1. The third-order valence-electron chi connectivity index (χ3n) is 3.93. The van der Waals surface area contributed by atoms with Crippen molar-refractivity contribution in [2.75, 3.05) is 18.5 Å². The number of carboxylic acid groups (broad SMARTS) is 1. The first-order valence-electron chi connectivity index (χ1n) is 7.55. The number of carbonyl (C=O) groups excluding carboxylic acids is 2. The van der Waals surface area contributed by atoms with Gasteiger partial charge in [0.1, 0.15) is 6.04 Å². The number of fused-ring (bicyclic) bond motifs is 1. The van der Waals surface area contributed by atoms with Gasteiger partial charge in [-0.2, -0.15) is 0 Å². The van der Waals surface area contributed by atoms with Crippen LogP contribution < -0.4 is 10.6 Å². The summed E-state index contributed by atoms with van der Waals surface area (Å²) in [6.45, 7) is 1.25. The minimum atomic E-state index is -1.05. The summed E-state index contributed by atoms with van der Waals surface area (Å²) >= 11 is 0. The van der Waals surface area contributed by atoms with E-state index in [4.69, 9.17) is 10.8 Å². The van der Waals surface area contributed by atoms with Gasteiger partial charge in [-0.1, -0.05) is 30.3 Å². The lowest BCUT2D eigenvalue weighted by Crippen LogP contribution is -2.32. The molecule has 0 amide bonds. The Bertz CT molecular complexity index is 801. The number of carbonyl (C=O) groups is 3. The topological polar surface area (TPSA) is 101 Å². The van der Waals surface area contributed by atoms with Crippen LogP contribution in [0, 0.1) is 0 Å². The molecular weight excluding hydrogens is 308 g/mol. The zero-order valence-electron chi connectivity index (χ0n) is 13.7. The molecule has 0 aliphatic carbocycles. The third-order valence-corrected chi connectivity index (χ3v) is 3.93. The van der Waals surface area contributed by atoms with Gasteiger partial charge in [-0.3, -0.25) is 14.4 Å². The molecule has 1 unspecified atom stereocenters. The minimum absolute atomic E-state index is 0.00663. The summed E-state index contributed by atoms with van der Waals surface area (Å²) in [6.07, 6.45) is 0.215. The highest BCUT2D eigenvalue weighted by Gasteiger charge is 2.17. The molecular formula is C18H20N2O4. The summed E-state index contributed by atoms with van der Waals surface area (Å²) in [5.41, 5.74) is 7.27. The fourth-order valence-electron chi connectivity index (χ4n) is 2.59. The fraction of sp³-hybridized carbons (Fsp3) is 0.278. The van der Waals surface area contributed by atoms with E-state index in [2.05, 4.69) is 0 Å². The average molecular weight is 328 g/mol. The molecule has 0 bridgehead atoms. The van der Waals surface area contributed by atoms with Crippen LogP contribution in [0.1, 0.15) is 12.5 Å². The Kier molecular flexibility index (Phi) is 5.31. The molecule has 6 heteroatoms. The number of hydrogen-bond donors (Lipinski definition) is 2. The molecule has 1 atom stereocenters. The summed E-state index contributed by atoms with van der Waals surface area (Å²) in [5, 5.41) is 10.8. The molecule has 0 saturated carbocycles. The molecule has 0 spiro atoms. The van der Waals surface area contributed by atoms with Crippen molar-refractivity contribution in [2.24, 2.45) is 5.73 Å². The second-order valence-corrected chi connectivity index (χ2v) is 5.77. The lowest BCUT2D eigenvalue weighted by atomic mass is 9.97. The number of likely N-dealkylation sites (N-methyl/N-ethyl adjacent to an activating group) is 1. The second kappa shape index (κ2) is 7.23. The van der Waals surface area contributed by atoms with Crippen LogP contribution in [-0.2, 0) is 20.8 Å². The van der Waals surface area contributed by atoms with E-state index < -0.39 is 23.6 Å². The lowest BCUT2D eigenvalue weighted by molar-refractivity contribution is -0.138. The molecule has 2 aromatic carbocycles. The molecule has 2 rings (SSSR count). The van der Waals surface area contributed by atoms with Crippen molar-refractivity contribution < 1.29 is 19.5 Å². The first-order chi connectivity index (χ1) is 11.3. The van der Waals surface area contributed by atoms with Gasteiger partial charge >= 0.3 is 5.97 Å². The van der Waals surface area contributed by atoms with Gasteiger partial charge in [-0.05, 0) is 23.4 Å². The van der Waals surface area contributed by atoms with E-state index in [9.17, 15) is 14.4 Å². The van der Waals surface area contributed by atoms with Crippen molar-refractivity contribution in [1.82, 2.24) is 0 Å². The van der Waals surface area contributed by atoms with E-state index in [-0.39, 0.29) is 13.0 Å². The highest BCUT2D eigenvalue weighted by molar-refractivity contribution is 6.37. The maximum absolute atomic E-state index is 11.7. The smallest absolute Gasteiger partial charge is 0.320 e. The Morgan fingerprint density at radius 3 is 2.33 bits per heavy atom. The van der Waals surface area contributed by atoms with Crippen molar-refractivity contribution >= 4 is 34.0 Å². The Hall–Kier alpha value is -2.73. The number of anilines is 1. The van der Waals surface area contributed by atoms with Crippen molar-refractivity contribution in [3.8, 4) is 0 Å². The number of nitrogens with two attached hydrogens (primary N) is 1. The van der Waals surface area contributed by atoms with Gasteiger partial charge < -0.3 is 15.7 Å². The van der Waals surface area contributed by atoms with E-state index in [1.807, 2.05) is 36.4 Å². The molecule has 0 radical (unpaired) electrons. The van der Waals surface area contributed by atoms with E-state index in [0.717, 1.165) is 22.0 Å². The van der Waals surface area contributed by atoms with Crippen LogP contribution >= 0.6 is 0 Å². The van der Waals surface area contributed by atoms with Crippen LogP contribution in [0.2, 0.25) is 0 Å². The predicted octanol–water partition coefficient (Wildman–Crippen LogP) is 1.39. The van der Waals surface area contributed by atoms with Gasteiger partial charge in [-0.25, -0.2) is 0 Å². The van der Waals surface area contributed by atoms with Gasteiger partial charge in [0.2, 0.25) is 5.78 Å². The molecule has 0 fully saturated rings. The number of rotatable bonds is 7. The molecule has 0 aliphatic heterocycles. The van der Waals surface area contributed by atoms with E-state index in [0.29, 0.717) is 0 Å². The van der Waals surface area contributed by atoms with Crippen molar-refractivity contribution in [3.05, 3.63) is 42.0 Å². The highest BCUT2D eigenvalue weighted by Crippen LogP contribution is 2.29. The summed E-state index contributed by atoms with van der Waals surface area (Å²) in [5.74, 6) is -1.99. The van der Waals surface area contributed by atoms with Crippen molar-refractivity contribution in [3.63, 3.8) is 0 Å². The average Bonchev–Trinajstić information content (AvgIpc) is 2.54. The molecule has 6 nitrogen and oxygen atoms in total. The van der Waals surface area contributed by atoms with Crippen LogP contribution in [0.15, 0.2) is 36.4 Å². The van der Waals surface area contributed by atoms with Crippen molar-refractivity contribution in [1.29, 1.82) is 0 Å². The Balaban J connectivity index is 2.42. The van der Waals surface area contributed by atoms with Crippen LogP contribution in [0.25, 0.3) is 10.8 Å². The zero-order valence-corrected chi connectivity index (χ0v) is 13.7. The number of ketones is 2. The monoisotopic (exact) mass is 328 g/mol. The van der Waals surface area contributed by atoms with Gasteiger partial charge in [0.15, 0.2) is 5.78 Å². The van der Waals surface area contributed by atoms with Crippen LogP contribution in [0.4, 0.5) is 5.69 Å². The molecule has 0 heterocycles. The maximum atomic E-state index is 11.7. The summed E-state index contributed by atoms with van der Waals surface area (Å²) in [7, 11) is 1.74. The summed E-state index contributed by atoms with van der Waals surface area (Å²) in [4.78, 5) is 35.6. The zero-order chi connectivity index (χ0) is 17.9. The number of Topliss-reactive ketones (excluding diaryl/α,β-unsaturated/α-hetero) is 2. The Labute approximate surface area is 139 Å². The number of nitrogens with zero attached hydrogens (tertiary/aromatic N) is 1. The molecule has 2 aromatic rings. The minimum Gasteiger partial charge on any atom is -0.480 e. The lowest BCUT2D eigenvalue weighted by Gasteiger charge is -2.21. The quantitative estimate of drug-likeness (QED) is 0.745. The first kappa shape index (κ1) is 17.6. The van der Waals surface area contributed by atoms with Gasteiger partial charge in [0.25, 0.3) is 0 Å². The second-order valence-electron chi connectivity index (χ2n) is 5.77. The van der Waals surface area contributed by atoms with Crippen molar-refractivity contribution in [2.45, 2.75) is 19.4 Å². The molecule has 126 valence electrons. The van der Waals surface area contributed by atoms with Gasteiger partial charge in [0, 0.05) is 25.0 Å². The van der Waals surface area contributed by atoms with Gasteiger partial charge in [-0.15, -0.1) is 0 Å². The standard InChI is InChI=1S/C18H20N2O4/c1-11(21)17(22)10-20(2)16-8-7-12(9-15(19)18(23)24)13-5-3-4-6-14(13)16/h3-8,15H,9-10,19H2,1-2H3,(H,23,24). The number of hydrogen-bond acceptors (Lipinski definition) is 5. The summed E-state index contributed by atoms with van der Waals surface area (Å²) in [6, 6.07) is 10.2. The normalized spacial score (nSPS) is 12.0. The Morgan fingerprint density at radius 2 is 1.75 bits per heavy atom. The summed E-state index contributed by atoms with van der Waals surface area (Å²) < 4.78 is 0. The maximum Gasteiger partial charge on any atom is 0.320 e. The molecule has 0 aromatic heterocycles. The molecule has 0 aliphatic rings. The molecule has 3 N–H and O–H groups in total. The molecule has 24 heavy (non-hydrogen) atoms.